The van der Waals surface area contributed by atoms with E-state index in [0.717, 1.165) is 16.7 Å². The van der Waals surface area contributed by atoms with Crippen molar-refractivity contribution in [3.8, 4) is 0 Å². The number of hydrogen-bond acceptors (Lipinski definition) is 3. The van der Waals surface area contributed by atoms with E-state index in [1.165, 1.54) is 4.31 Å². The molecule has 0 atom stereocenters. The SMILES string of the molecule is Cc1ccc(S(=O)(=O)N(CC(=O)NC(C(C)C)C(C)C)c2ccc(C)cc2C)cc1. The number of amides is 1. The molecule has 2 rings (SSSR count). The van der Waals surface area contributed by atoms with Crippen molar-refractivity contribution >= 4 is 21.6 Å². The van der Waals surface area contributed by atoms with Gasteiger partial charge in [0.05, 0.1) is 10.6 Å². The lowest BCUT2D eigenvalue weighted by Gasteiger charge is -2.29. The molecule has 30 heavy (non-hydrogen) atoms. The second-order valence-corrected chi connectivity index (χ2v) is 10.6. The van der Waals surface area contributed by atoms with Gasteiger partial charge in [0.15, 0.2) is 0 Å². The summed E-state index contributed by atoms with van der Waals surface area (Å²) in [5.41, 5.74) is 3.33. The summed E-state index contributed by atoms with van der Waals surface area (Å²) < 4.78 is 28.3. The highest BCUT2D eigenvalue weighted by Gasteiger charge is 2.29. The van der Waals surface area contributed by atoms with Gasteiger partial charge in [0.25, 0.3) is 10.0 Å². The zero-order valence-corrected chi connectivity index (χ0v) is 19.9. The molecule has 0 bridgehead atoms. The van der Waals surface area contributed by atoms with Gasteiger partial charge in [-0.1, -0.05) is 63.1 Å². The number of anilines is 1. The highest BCUT2D eigenvalue weighted by molar-refractivity contribution is 7.92. The molecule has 0 aliphatic rings. The van der Waals surface area contributed by atoms with Crippen LogP contribution >= 0.6 is 0 Å². The Morgan fingerprint density at radius 1 is 0.900 bits per heavy atom. The quantitative estimate of drug-likeness (QED) is 0.665. The van der Waals surface area contributed by atoms with Crippen molar-refractivity contribution < 1.29 is 13.2 Å². The second kappa shape index (κ2) is 9.65. The van der Waals surface area contributed by atoms with Crippen LogP contribution in [0.5, 0.6) is 0 Å². The van der Waals surface area contributed by atoms with E-state index in [0.29, 0.717) is 5.69 Å². The molecule has 0 radical (unpaired) electrons. The number of sulfonamides is 1. The minimum atomic E-state index is -3.91. The van der Waals surface area contributed by atoms with Crippen LogP contribution in [-0.4, -0.2) is 26.9 Å². The molecule has 0 aromatic heterocycles. The molecule has 2 aromatic carbocycles. The van der Waals surface area contributed by atoms with Crippen LogP contribution in [0.1, 0.15) is 44.4 Å². The van der Waals surface area contributed by atoms with Gasteiger partial charge < -0.3 is 5.32 Å². The third-order valence-electron chi connectivity index (χ3n) is 5.28. The minimum Gasteiger partial charge on any atom is -0.351 e. The van der Waals surface area contributed by atoms with E-state index in [1.807, 2.05) is 32.9 Å². The van der Waals surface area contributed by atoms with Crippen LogP contribution in [0.4, 0.5) is 5.69 Å². The first-order valence-electron chi connectivity index (χ1n) is 10.4. The normalized spacial score (nSPS) is 11.9. The maximum absolute atomic E-state index is 13.5. The van der Waals surface area contributed by atoms with Crippen molar-refractivity contribution in [1.82, 2.24) is 5.32 Å². The first-order chi connectivity index (χ1) is 13.9. The number of hydrogen-bond donors (Lipinski definition) is 1. The number of rotatable bonds is 8. The third-order valence-corrected chi connectivity index (χ3v) is 7.06. The lowest BCUT2D eigenvalue weighted by atomic mass is 9.93. The first-order valence-corrected chi connectivity index (χ1v) is 11.8. The molecule has 6 heteroatoms. The number of carbonyl (C=O) groups is 1. The second-order valence-electron chi connectivity index (χ2n) is 8.70. The van der Waals surface area contributed by atoms with Crippen LogP contribution in [0.3, 0.4) is 0 Å². The molecule has 0 saturated heterocycles. The standard InChI is InChI=1S/C24H34N2O3S/c1-16(2)24(17(3)4)25-23(27)15-26(22-13-10-19(6)14-20(22)7)30(28,29)21-11-8-18(5)9-12-21/h8-14,16-17,24H,15H2,1-7H3,(H,25,27). The van der Waals surface area contributed by atoms with E-state index in [4.69, 9.17) is 0 Å². The molecular formula is C24H34N2O3S. The fourth-order valence-electron chi connectivity index (χ4n) is 3.69. The van der Waals surface area contributed by atoms with Crippen molar-refractivity contribution in [2.45, 2.75) is 59.4 Å². The monoisotopic (exact) mass is 430 g/mol. The predicted octanol–water partition coefficient (Wildman–Crippen LogP) is 4.60. The lowest BCUT2D eigenvalue weighted by Crippen LogP contribution is -2.48. The Bertz CT molecular complexity index is 972. The topological polar surface area (TPSA) is 66.5 Å². The number of carbonyl (C=O) groups excluding carboxylic acids is 1. The number of nitrogens with zero attached hydrogens (tertiary/aromatic N) is 1. The zero-order chi connectivity index (χ0) is 22.6. The highest BCUT2D eigenvalue weighted by Crippen LogP contribution is 2.28. The van der Waals surface area contributed by atoms with Gasteiger partial charge in [0.1, 0.15) is 6.54 Å². The first kappa shape index (κ1) is 23.9. The van der Waals surface area contributed by atoms with Crippen LogP contribution in [0.2, 0.25) is 0 Å². The fraction of sp³-hybridized carbons (Fsp3) is 0.458. The maximum atomic E-state index is 13.5. The van der Waals surface area contributed by atoms with Crippen molar-refractivity contribution in [3.05, 3.63) is 59.2 Å². The average molecular weight is 431 g/mol. The van der Waals surface area contributed by atoms with Crippen molar-refractivity contribution in [3.63, 3.8) is 0 Å². The molecule has 0 unspecified atom stereocenters. The molecule has 164 valence electrons. The van der Waals surface area contributed by atoms with E-state index in [9.17, 15) is 13.2 Å². The number of nitrogens with one attached hydrogen (secondary N) is 1. The average Bonchev–Trinajstić information content (AvgIpc) is 2.64. The Morgan fingerprint density at radius 2 is 1.43 bits per heavy atom. The Balaban J connectivity index is 2.46. The van der Waals surface area contributed by atoms with Crippen LogP contribution < -0.4 is 9.62 Å². The van der Waals surface area contributed by atoms with Gasteiger partial charge >= 0.3 is 0 Å². The van der Waals surface area contributed by atoms with Gasteiger partial charge in [-0.2, -0.15) is 0 Å². The van der Waals surface area contributed by atoms with Crippen molar-refractivity contribution in [1.29, 1.82) is 0 Å². The van der Waals surface area contributed by atoms with Crippen LogP contribution in [0.25, 0.3) is 0 Å². The summed E-state index contributed by atoms with van der Waals surface area (Å²) in [5.74, 6) is 0.187. The number of aryl methyl sites for hydroxylation is 3. The Hall–Kier alpha value is -2.34. The molecule has 0 aliphatic heterocycles. The Morgan fingerprint density at radius 3 is 1.93 bits per heavy atom. The molecule has 0 saturated carbocycles. The predicted molar refractivity (Wildman–Crippen MR) is 123 cm³/mol. The van der Waals surface area contributed by atoms with Gasteiger partial charge in [-0.15, -0.1) is 0 Å². The van der Waals surface area contributed by atoms with Gasteiger partial charge in [-0.05, 0) is 56.4 Å². The van der Waals surface area contributed by atoms with Crippen LogP contribution in [0, 0.1) is 32.6 Å². The molecule has 0 fully saturated rings. The van der Waals surface area contributed by atoms with Crippen LogP contribution in [0.15, 0.2) is 47.4 Å². The van der Waals surface area contributed by atoms with E-state index in [-0.39, 0.29) is 35.2 Å². The lowest BCUT2D eigenvalue weighted by molar-refractivity contribution is -0.121. The smallest absolute Gasteiger partial charge is 0.264 e. The van der Waals surface area contributed by atoms with Gasteiger partial charge in [0, 0.05) is 6.04 Å². The van der Waals surface area contributed by atoms with Gasteiger partial charge in [-0.3, -0.25) is 9.10 Å². The van der Waals surface area contributed by atoms with E-state index in [2.05, 4.69) is 33.0 Å². The minimum absolute atomic E-state index is 0.0273. The maximum Gasteiger partial charge on any atom is 0.264 e. The molecule has 5 nitrogen and oxygen atoms in total. The molecular weight excluding hydrogens is 396 g/mol. The van der Waals surface area contributed by atoms with E-state index in [1.54, 1.807) is 30.3 Å². The Labute approximate surface area is 181 Å². The zero-order valence-electron chi connectivity index (χ0n) is 19.1. The summed E-state index contributed by atoms with van der Waals surface area (Å²) in [6.45, 7) is 13.7. The van der Waals surface area contributed by atoms with E-state index >= 15 is 0 Å². The van der Waals surface area contributed by atoms with Crippen molar-refractivity contribution in [2.75, 3.05) is 10.8 Å². The molecule has 1 amide bonds. The molecule has 1 N–H and O–H groups in total. The highest BCUT2D eigenvalue weighted by atomic mass is 32.2. The summed E-state index contributed by atoms with van der Waals surface area (Å²) in [4.78, 5) is 13.1. The largest absolute Gasteiger partial charge is 0.351 e. The van der Waals surface area contributed by atoms with Gasteiger partial charge in [-0.25, -0.2) is 8.42 Å². The summed E-state index contributed by atoms with van der Waals surface area (Å²) in [7, 11) is -3.91. The summed E-state index contributed by atoms with van der Waals surface area (Å²) >= 11 is 0. The Kier molecular flexibility index (Phi) is 7.70. The summed E-state index contributed by atoms with van der Waals surface area (Å²) in [6.07, 6.45) is 0. The molecule has 0 spiro atoms. The summed E-state index contributed by atoms with van der Waals surface area (Å²) in [6, 6.07) is 12.2. The van der Waals surface area contributed by atoms with E-state index < -0.39 is 10.0 Å². The summed E-state index contributed by atoms with van der Waals surface area (Å²) in [5, 5.41) is 3.03. The van der Waals surface area contributed by atoms with Crippen molar-refractivity contribution in [2.24, 2.45) is 11.8 Å². The molecule has 0 aliphatic carbocycles. The molecule has 0 heterocycles. The van der Waals surface area contributed by atoms with Gasteiger partial charge in [0.2, 0.25) is 5.91 Å². The molecule has 2 aromatic rings. The number of benzene rings is 2. The fourth-order valence-corrected chi connectivity index (χ4v) is 5.17. The van der Waals surface area contributed by atoms with Crippen LogP contribution in [-0.2, 0) is 14.8 Å². The third kappa shape index (κ3) is 5.63.